The zero-order chi connectivity index (χ0) is 27.0. The number of benzene rings is 2. The monoisotopic (exact) mass is 532 g/mol. The highest BCUT2D eigenvalue weighted by Crippen LogP contribution is 2.50. The first-order valence-corrected chi connectivity index (χ1v) is 14.2. The van der Waals surface area contributed by atoms with E-state index in [4.69, 9.17) is 9.47 Å². The summed E-state index contributed by atoms with van der Waals surface area (Å²) < 4.78 is 13.5. The van der Waals surface area contributed by atoms with Crippen molar-refractivity contribution in [1.82, 2.24) is 14.4 Å². The number of piperidine rings is 1. The fourth-order valence-electron chi connectivity index (χ4n) is 7.19. The number of likely N-dealkylation sites (tertiary alicyclic amines) is 1. The molecule has 8 nitrogen and oxygen atoms in total. The molecule has 39 heavy (non-hydrogen) atoms. The van der Waals surface area contributed by atoms with E-state index in [1.807, 2.05) is 41.3 Å². The second kappa shape index (κ2) is 10.8. The minimum absolute atomic E-state index is 0.0398. The molecule has 0 unspecified atom stereocenters. The van der Waals surface area contributed by atoms with E-state index in [0.717, 1.165) is 68.9 Å². The zero-order valence-electron chi connectivity index (χ0n) is 23.1. The Morgan fingerprint density at radius 3 is 2.56 bits per heavy atom. The van der Waals surface area contributed by atoms with Gasteiger partial charge in [-0.2, -0.15) is 0 Å². The molecule has 2 aromatic carbocycles. The van der Waals surface area contributed by atoms with E-state index in [-0.39, 0.29) is 24.1 Å². The standard InChI is InChI=1S/C31H40N4O4/c1-33-26-18-24(38-2)8-9-25(26)28-29(33)27(20-36)35(19-22-10-16-39-17-11-22)21-31(28)12-14-34(15-13-31)30(37)32-23-6-4-3-5-7-23/h3-9,18,22,27,36H,10-17,19-21H2,1-2H3,(H,32,37)/t27-/m1/s1. The number of urea groups is 1. The van der Waals surface area contributed by atoms with Crippen molar-refractivity contribution < 1.29 is 19.4 Å². The number of carbonyl (C=O) groups excluding carboxylic acids is 1. The summed E-state index contributed by atoms with van der Waals surface area (Å²) in [5.74, 6) is 1.40. The maximum atomic E-state index is 13.1. The second-order valence-corrected chi connectivity index (χ2v) is 11.4. The predicted molar refractivity (Wildman–Crippen MR) is 152 cm³/mol. The van der Waals surface area contributed by atoms with Crippen molar-refractivity contribution in [3.05, 3.63) is 59.8 Å². The number of nitrogens with zero attached hydrogens (tertiary/aromatic N) is 3. The summed E-state index contributed by atoms with van der Waals surface area (Å²) in [6.07, 6.45) is 3.90. The van der Waals surface area contributed by atoms with Gasteiger partial charge in [0, 0.05) is 74.7 Å². The third-order valence-electron chi connectivity index (χ3n) is 9.28. The molecule has 6 rings (SSSR count). The first kappa shape index (κ1) is 26.2. The smallest absolute Gasteiger partial charge is 0.321 e. The SMILES string of the molecule is COc1ccc2c3c(n(C)c2c1)[C@@H](CO)N(CC1CCOCC1)CC31CCN(C(=O)Nc2ccccc2)CC1. The van der Waals surface area contributed by atoms with Crippen LogP contribution in [-0.2, 0) is 17.2 Å². The van der Waals surface area contributed by atoms with E-state index in [2.05, 4.69) is 34.0 Å². The Morgan fingerprint density at radius 1 is 1.13 bits per heavy atom. The number of hydrogen-bond donors (Lipinski definition) is 2. The van der Waals surface area contributed by atoms with Crippen LogP contribution in [0.25, 0.3) is 10.9 Å². The number of amides is 2. The topological polar surface area (TPSA) is 79.2 Å². The summed E-state index contributed by atoms with van der Waals surface area (Å²) in [4.78, 5) is 17.6. The Bertz CT molecular complexity index is 1310. The van der Waals surface area contributed by atoms with Crippen molar-refractivity contribution in [2.45, 2.75) is 37.1 Å². The van der Waals surface area contributed by atoms with E-state index < -0.39 is 0 Å². The van der Waals surface area contributed by atoms with Crippen LogP contribution in [0, 0.1) is 5.92 Å². The van der Waals surface area contributed by atoms with Crippen LogP contribution in [0.15, 0.2) is 48.5 Å². The Morgan fingerprint density at radius 2 is 1.87 bits per heavy atom. The molecule has 1 aromatic heterocycles. The van der Waals surface area contributed by atoms with Gasteiger partial charge in [-0.25, -0.2) is 4.79 Å². The van der Waals surface area contributed by atoms with Gasteiger partial charge in [-0.15, -0.1) is 0 Å². The average Bonchev–Trinajstić information content (AvgIpc) is 3.27. The van der Waals surface area contributed by atoms with Crippen LogP contribution >= 0.6 is 0 Å². The quantitative estimate of drug-likeness (QED) is 0.505. The number of aliphatic hydroxyl groups is 1. The van der Waals surface area contributed by atoms with E-state index in [1.165, 1.54) is 16.6 Å². The maximum absolute atomic E-state index is 13.1. The lowest BCUT2D eigenvalue weighted by Crippen LogP contribution is -2.56. The van der Waals surface area contributed by atoms with Crippen molar-refractivity contribution in [3.8, 4) is 5.75 Å². The third kappa shape index (κ3) is 4.79. The summed E-state index contributed by atoms with van der Waals surface area (Å²) in [5, 5.41) is 15.1. The van der Waals surface area contributed by atoms with Crippen molar-refractivity contribution in [1.29, 1.82) is 0 Å². The zero-order valence-corrected chi connectivity index (χ0v) is 23.1. The number of nitrogens with one attached hydrogen (secondary N) is 1. The minimum Gasteiger partial charge on any atom is -0.497 e. The highest BCUT2D eigenvalue weighted by Gasteiger charge is 2.48. The van der Waals surface area contributed by atoms with E-state index in [0.29, 0.717) is 19.0 Å². The van der Waals surface area contributed by atoms with Gasteiger partial charge in [-0.1, -0.05) is 18.2 Å². The number of hydrogen-bond acceptors (Lipinski definition) is 5. The van der Waals surface area contributed by atoms with Gasteiger partial charge >= 0.3 is 6.03 Å². The summed E-state index contributed by atoms with van der Waals surface area (Å²) >= 11 is 0. The highest BCUT2D eigenvalue weighted by atomic mass is 16.5. The molecular formula is C31H40N4O4. The Kier molecular flexibility index (Phi) is 7.27. The lowest BCUT2D eigenvalue weighted by Gasteiger charge is -2.51. The van der Waals surface area contributed by atoms with Crippen LogP contribution in [0.5, 0.6) is 5.75 Å². The Balaban J connectivity index is 1.35. The van der Waals surface area contributed by atoms with E-state index in [9.17, 15) is 9.90 Å². The van der Waals surface area contributed by atoms with Gasteiger partial charge in [0.1, 0.15) is 5.75 Å². The molecule has 0 aliphatic carbocycles. The maximum Gasteiger partial charge on any atom is 0.321 e. The normalized spacial score (nSPS) is 21.7. The molecule has 0 saturated carbocycles. The number of para-hydroxylation sites is 1. The van der Waals surface area contributed by atoms with Gasteiger partial charge < -0.3 is 29.4 Å². The highest BCUT2D eigenvalue weighted by molar-refractivity contribution is 5.90. The molecule has 2 saturated heterocycles. The molecule has 3 aliphatic heterocycles. The number of rotatable bonds is 5. The molecular weight excluding hydrogens is 492 g/mol. The van der Waals surface area contributed by atoms with Crippen LogP contribution in [-0.4, -0.2) is 78.6 Å². The van der Waals surface area contributed by atoms with Crippen molar-refractivity contribution >= 4 is 22.6 Å². The lowest BCUT2D eigenvalue weighted by atomic mass is 9.68. The molecule has 2 N–H and O–H groups in total. The third-order valence-corrected chi connectivity index (χ3v) is 9.28. The molecule has 4 heterocycles. The molecule has 8 heteroatoms. The second-order valence-electron chi connectivity index (χ2n) is 11.4. The number of ether oxygens (including phenoxy) is 2. The molecule has 0 bridgehead atoms. The van der Waals surface area contributed by atoms with Crippen LogP contribution in [0.1, 0.15) is 43.0 Å². The number of methoxy groups -OCH3 is 1. The van der Waals surface area contributed by atoms with Crippen LogP contribution in [0.3, 0.4) is 0 Å². The molecule has 3 aliphatic rings. The van der Waals surface area contributed by atoms with Crippen molar-refractivity contribution in [2.75, 3.05) is 58.4 Å². The van der Waals surface area contributed by atoms with Crippen LogP contribution < -0.4 is 10.1 Å². The Hall–Kier alpha value is -3.07. The number of anilines is 1. The molecule has 1 spiro atoms. The summed E-state index contributed by atoms with van der Waals surface area (Å²) in [6, 6.07) is 15.9. The lowest BCUT2D eigenvalue weighted by molar-refractivity contribution is 0.0125. The number of aliphatic hydroxyl groups excluding tert-OH is 1. The van der Waals surface area contributed by atoms with Gasteiger partial charge in [0.05, 0.1) is 25.3 Å². The first-order valence-electron chi connectivity index (χ1n) is 14.2. The van der Waals surface area contributed by atoms with Crippen LogP contribution in [0.4, 0.5) is 10.5 Å². The van der Waals surface area contributed by atoms with Gasteiger partial charge in [-0.05, 0) is 61.4 Å². The fourth-order valence-corrected chi connectivity index (χ4v) is 7.19. The summed E-state index contributed by atoms with van der Waals surface area (Å²) in [6.45, 7) is 4.95. The van der Waals surface area contributed by atoms with Crippen molar-refractivity contribution in [2.24, 2.45) is 13.0 Å². The van der Waals surface area contributed by atoms with Gasteiger partial charge in [0.2, 0.25) is 0 Å². The number of aromatic nitrogens is 1. The largest absolute Gasteiger partial charge is 0.497 e. The number of fused-ring (bicyclic) bond motifs is 4. The van der Waals surface area contributed by atoms with Crippen LogP contribution in [0.2, 0.25) is 0 Å². The minimum atomic E-state index is -0.0935. The molecule has 2 amide bonds. The number of aryl methyl sites for hydroxylation is 1. The Labute approximate surface area is 230 Å². The van der Waals surface area contributed by atoms with Crippen molar-refractivity contribution in [3.63, 3.8) is 0 Å². The first-order chi connectivity index (χ1) is 19.0. The molecule has 3 aromatic rings. The van der Waals surface area contributed by atoms with Gasteiger partial charge in [0.15, 0.2) is 0 Å². The van der Waals surface area contributed by atoms with Gasteiger partial charge in [-0.3, -0.25) is 4.90 Å². The fraction of sp³-hybridized carbons (Fsp3) is 0.516. The average molecular weight is 533 g/mol. The van der Waals surface area contributed by atoms with E-state index in [1.54, 1.807) is 7.11 Å². The molecule has 0 radical (unpaired) electrons. The predicted octanol–water partition coefficient (Wildman–Crippen LogP) is 4.53. The van der Waals surface area contributed by atoms with E-state index >= 15 is 0 Å². The molecule has 1 atom stereocenters. The number of carbonyl (C=O) groups is 1. The summed E-state index contributed by atoms with van der Waals surface area (Å²) in [5.41, 5.74) is 4.42. The molecule has 2 fully saturated rings. The summed E-state index contributed by atoms with van der Waals surface area (Å²) in [7, 11) is 3.82. The molecule has 208 valence electrons. The van der Waals surface area contributed by atoms with Gasteiger partial charge in [0.25, 0.3) is 0 Å².